The van der Waals surface area contributed by atoms with E-state index >= 15 is 0 Å². The van der Waals surface area contributed by atoms with Gasteiger partial charge in [0.25, 0.3) is 0 Å². The fourth-order valence-electron chi connectivity index (χ4n) is 2.04. The minimum atomic E-state index is -0.0490. The van der Waals surface area contributed by atoms with Crippen molar-refractivity contribution in [2.24, 2.45) is 5.92 Å². The molecule has 0 aromatic heterocycles. The van der Waals surface area contributed by atoms with Crippen molar-refractivity contribution in [1.82, 2.24) is 0 Å². The highest BCUT2D eigenvalue weighted by atomic mass is 16.2. The molecule has 1 rings (SSSR count). The Bertz CT molecular complexity index is 466. The number of unbranched alkanes of at least 4 members (excludes halogenated alkanes) is 4. The largest absolute Gasteiger partial charge is 0.326 e. The third kappa shape index (κ3) is 7.25. The molecule has 0 radical (unpaired) electrons. The van der Waals surface area contributed by atoms with Crippen molar-refractivity contribution in [3.05, 3.63) is 24.3 Å². The standard InChI is InChI=1S/C18H28N2O2/c1-4-5-6-7-8-9-17(21)19-15-10-12-16(13-11-15)20-18(22)14(2)3/h10-14H,4-9H2,1-3H3,(H,19,21)(H,20,22). The van der Waals surface area contributed by atoms with Gasteiger partial charge in [-0.1, -0.05) is 46.5 Å². The molecule has 0 atom stereocenters. The highest BCUT2D eigenvalue weighted by molar-refractivity contribution is 5.93. The maximum atomic E-state index is 11.8. The zero-order chi connectivity index (χ0) is 16.4. The fourth-order valence-corrected chi connectivity index (χ4v) is 2.04. The van der Waals surface area contributed by atoms with Gasteiger partial charge in [-0.2, -0.15) is 0 Å². The van der Waals surface area contributed by atoms with Gasteiger partial charge in [0, 0.05) is 23.7 Å². The lowest BCUT2D eigenvalue weighted by atomic mass is 10.1. The summed E-state index contributed by atoms with van der Waals surface area (Å²) in [6.07, 6.45) is 6.27. The average Bonchev–Trinajstić information content (AvgIpc) is 2.49. The molecule has 0 bridgehead atoms. The number of hydrogen-bond acceptors (Lipinski definition) is 2. The second-order valence-corrected chi connectivity index (χ2v) is 5.93. The Labute approximate surface area is 133 Å². The third-order valence-electron chi connectivity index (χ3n) is 3.47. The SMILES string of the molecule is CCCCCCCC(=O)Nc1ccc(NC(=O)C(C)C)cc1. The molecule has 2 N–H and O–H groups in total. The Morgan fingerprint density at radius 2 is 1.45 bits per heavy atom. The van der Waals surface area contributed by atoms with Crippen LogP contribution in [-0.2, 0) is 9.59 Å². The first-order valence-corrected chi connectivity index (χ1v) is 8.23. The minimum Gasteiger partial charge on any atom is -0.326 e. The van der Waals surface area contributed by atoms with E-state index in [4.69, 9.17) is 0 Å². The number of nitrogens with one attached hydrogen (secondary N) is 2. The van der Waals surface area contributed by atoms with E-state index in [0.29, 0.717) is 6.42 Å². The van der Waals surface area contributed by atoms with Gasteiger partial charge in [0.2, 0.25) is 11.8 Å². The Balaban J connectivity index is 2.34. The molecule has 122 valence electrons. The molecule has 4 heteroatoms. The molecule has 0 unspecified atom stereocenters. The number of anilines is 2. The summed E-state index contributed by atoms with van der Waals surface area (Å²) in [5.41, 5.74) is 1.51. The smallest absolute Gasteiger partial charge is 0.226 e. The lowest BCUT2D eigenvalue weighted by Crippen LogP contribution is -2.17. The van der Waals surface area contributed by atoms with Crippen molar-refractivity contribution in [3.63, 3.8) is 0 Å². The van der Waals surface area contributed by atoms with Gasteiger partial charge in [0.1, 0.15) is 0 Å². The first kappa shape index (κ1) is 18.2. The Morgan fingerprint density at radius 3 is 2.00 bits per heavy atom. The van der Waals surface area contributed by atoms with Crippen molar-refractivity contribution < 1.29 is 9.59 Å². The molecular formula is C18H28N2O2. The van der Waals surface area contributed by atoms with Gasteiger partial charge in [-0.05, 0) is 30.7 Å². The molecule has 0 aliphatic carbocycles. The molecule has 0 fully saturated rings. The summed E-state index contributed by atoms with van der Waals surface area (Å²) in [5, 5.41) is 5.71. The van der Waals surface area contributed by atoms with Crippen LogP contribution < -0.4 is 10.6 Å². The van der Waals surface area contributed by atoms with Crippen LogP contribution in [0.15, 0.2) is 24.3 Å². The molecule has 1 aromatic rings. The molecule has 0 aliphatic heterocycles. The molecule has 0 saturated carbocycles. The van der Waals surface area contributed by atoms with Crippen molar-refractivity contribution in [2.75, 3.05) is 10.6 Å². The number of rotatable bonds is 9. The molecule has 1 aromatic carbocycles. The first-order chi connectivity index (χ1) is 10.5. The van der Waals surface area contributed by atoms with Gasteiger partial charge < -0.3 is 10.6 Å². The van der Waals surface area contributed by atoms with Crippen LogP contribution in [0.25, 0.3) is 0 Å². The van der Waals surface area contributed by atoms with E-state index in [1.54, 1.807) is 12.1 Å². The maximum absolute atomic E-state index is 11.8. The number of carbonyl (C=O) groups is 2. The monoisotopic (exact) mass is 304 g/mol. The van der Waals surface area contributed by atoms with E-state index in [0.717, 1.165) is 24.2 Å². The zero-order valence-electron chi connectivity index (χ0n) is 13.9. The van der Waals surface area contributed by atoms with Crippen molar-refractivity contribution in [2.45, 2.75) is 59.3 Å². The van der Waals surface area contributed by atoms with Gasteiger partial charge in [-0.25, -0.2) is 0 Å². The summed E-state index contributed by atoms with van der Waals surface area (Å²) < 4.78 is 0. The van der Waals surface area contributed by atoms with Crippen LogP contribution in [0.4, 0.5) is 11.4 Å². The van der Waals surface area contributed by atoms with Gasteiger partial charge >= 0.3 is 0 Å². The second kappa shape index (κ2) is 9.98. The van der Waals surface area contributed by atoms with Gasteiger partial charge in [-0.15, -0.1) is 0 Å². The first-order valence-electron chi connectivity index (χ1n) is 8.23. The van der Waals surface area contributed by atoms with Gasteiger partial charge in [0.15, 0.2) is 0 Å². The number of carbonyl (C=O) groups excluding carboxylic acids is 2. The normalized spacial score (nSPS) is 10.5. The van der Waals surface area contributed by atoms with Crippen LogP contribution in [0.5, 0.6) is 0 Å². The fraction of sp³-hybridized carbons (Fsp3) is 0.556. The summed E-state index contributed by atoms with van der Waals surface area (Å²) in [6.45, 7) is 5.88. The molecule has 0 heterocycles. The third-order valence-corrected chi connectivity index (χ3v) is 3.47. The predicted molar refractivity (Wildman–Crippen MR) is 91.9 cm³/mol. The van der Waals surface area contributed by atoms with Crippen LogP contribution in [0, 0.1) is 5.92 Å². The topological polar surface area (TPSA) is 58.2 Å². The lowest BCUT2D eigenvalue weighted by molar-refractivity contribution is -0.119. The van der Waals surface area contributed by atoms with Crippen LogP contribution in [-0.4, -0.2) is 11.8 Å². The molecule has 0 saturated heterocycles. The van der Waals surface area contributed by atoms with Crippen LogP contribution in [0.3, 0.4) is 0 Å². The number of hydrogen-bond donors (Lipinski definition) is 2. The van der Waals surface area contributed by atoms with E-state index in [2.05, 4.69) is 17.6 Å². The van der Waals surface area contributed by atoms with E-state index in [-0.39, 0.29) is 17.7 Å². The summed E-state index contributed by atoms with van der Waals surface area (Å²) in [5.74, 6) is -0.00795. The summed E-state index contributed by atoms with van der Waals surface area (Å²) in [7, 11) is 0. The maximum Gasteiger partial charge on any atom is 0.226 e. The van der Waals surface area contributed by atoms with Crippen LogP contribution in [0.1, 0.15) is 59.3 Å². The Morgan fingerprint density at radius 1 is 0.909 bits per heavy atom. The minimum absolute atomic E-state index is 0.0103. The van der Waals surface area contributed by atoms with Crippen LogP contribution in [0.2, 0.25) is 0 Å². The van der Waals surface area contributed by atoms with E-state index in [1.807, 2.05) is 26.0 Å². The number of amides is 2. The molecule has 0 aliphatic rings. The number of benzene rings is 1. The Hall–Kier alpha value is -1.84. The van der Waals surface area contributed by atoms with E-state index in [1.165, 1.54) is 19.3 Å². The van der Waals surface area contributed by atoms with Gasteiger partial charge in [0.05, 0.1) is 0 Å². The zero-order valence-corrected chi connectivity index (χ0v) is 13.9. The average molecular weight is 304 g/mol. The molecule has 2 amide bonds. The second-order valence-electron chi connectivity index (χ2n) is 5.93. The molecule has 4 nitrogen and oxygen atoms in total. The molecule has 22 heavy (non-hydrogen) atoms. The highest BCUT2D eigenvalue weighted by Crippen LogP contribution is 2.15. The quantitative estimate of drug-likeness (QED) is 0.656. The lowest BCUT2D eigenvalue weighted by Gasteiger charge is -2.09. The van der Waals surface area contributed by atoms with Crippen LogP contribution >= 0.6 is 0 Å². The summed E-state index contributed by atoms with van der Waals surface area (Å²) in [6, 6.07) is 7.23. The summed E-state index contributed by atoms with van der Waals surface area (Å²) in [4.78, 5) is 23.4. The van der Waals surface area contributed by atoms with Crippen molar-refractivity contribution in [1.29, 1.82) is 0 Å². The van der Waals surface area contributed by atoms with Crippen molar-refractivity contribution >= 4 is 23.2 Å². The van der Waals surface area contributed by atoms with E-state index < -0.39 is 0 Å². The molecular weight excluding hydrogens is 276 g/mol. The highest BCUT2D eigenvalue weighted by Gasteiger charge is 2.07. The summed E-state index contributed by atoms with van der Waals surface area (Å²) >= 11 is 0. The predicted octanol–water partition coefficient (Wildman–Crippen LogP) is 4.58. The molecule has 0 spiro atoms. The Kier molecular flexibility index (Phi) is 8.26. The van der Waals surface area contributed by atoms with E-state index in [9.17, 15) is 9.59 Å². The van der Waals surface area contributed by atoms with Gasteiger partial charge in [-0.3, -0.25) is 9.59 Å². The van der Waals surface area contributed by atoms with Crippen molar-refractivity contribution in [3.8, 4) is 0 Å².